The number of aromatic nitrogens is 2. The SMILES string of the molecule is CC(C)CCCNS(=O)(=O)c1cnn(CCO)c1. The van der Waals surface area contributed by atoms with E-state index in [1.165, 1.54) is 17.1 Å². The second-order valence-electron chi connectivity index (χ2n) is 4.60. The van der Waals surface area contributed by atoms with Crippen LogP contribution >= 0.6 is 0 Å². The molecular weight excluding hydrogens is 254 g/mol. The Kier molecular flexibility index (Phi) is 5.77. The van der Waals surface area contributed by atoms with E-state index >= 15 is 0 Å². The summed E-state index contributed by atoms with van der Waals surface area (Å²) >= 11 is 0. The number of nitrogens with one attached hydrogen (secondary N) is 1. The molecule has 7 heteroatoms. The lowest BCUT2D eigenvalue weighted by Gasteiger charge is -2.06. The van der Waals surface area contributed by atoms with Gasteiger partial charge in [0.2, 0.25) is 10.0 Å². The van der Waals surface area contributed by atoms with E-state index in [2.05, 4.69) is 23.7 Å². The van der Waals surface area contributed by atoms with Crippen LogP contribution in [0.1, 0.15) is 26.7 Å². The summed E-state index contributed by atoms with van der Waals surface area (Å²) in [6, 6.07) is 0. The van der Waals surface area contributed by atoms with Crippen molar-refractivity contribution in [3.8, 4) is 0 Å². The highest BCUT2D eigenvalue weighted by Gasteiger charge is 2.15. The second-order valence-corrected chi connectivity index (χ2v) is 6.36. The number of aliphatic hydroxyl groups excluding tert-OH is 1. The highest BCUT2D eigenvalue weighted by Crippen LogP contribution is 2.08. The summed E-state index contributed by atoms with van der Waals surface area (Å²) in [6.45, 7) is 4.87. The van der Waals surface area contributed by atoms with Gasteiger partial charge in [-0.1, -0.05) is 13.8 Å². The van der Waals surface area contributed by atoms with E-state index in [1.54, 1.807) is 0 Å². The van der Waals surface area contributed by atoms with Crippen molar-refractivity contribution in [2.45, 2.75) is 38.1 Å². The number of hydrogen-bond donors (Lipinski definition) is 2. The average molecular weight is 275 g/mol. The van der Waals surface area contributed by atoms with Crippen LogP contribution in [-0.2, 0) is 16.6 Å². The summed E-state index contributed by atoms with van der Waals surface area (Å²) in [5.41, 5.74) is 0. The normalized spacial score (nSPS) is 12.2. The van der Waals surface area contributed by atoms with Crippen molar-refractivity contribution < 1.29 is 13.5 Å². The average Bonchev–Trinajstić information content (AvgIpc) is 2.74. The molecule has 0 fully saturated rings. The largest absolute Gasteiger partial charge is 0.394 e. The summed E-state index contributed by atoms with van der Waals surface area (Å²) in [6.07, 6.45) is 4.52. The van der Waals surface area contributed by atoms with Crippen LogP contribution in [0, 0.1) is 5.92 Å². The van der Waals surface area contributed by atoms with Crippen LogP contribution in [0.5, 0.6) is 0 Å². The molecule has 1 aromatic heterocycles. The quantitative estimate of drug-likeness (QED) is 0.680. The zero-order valence-corrected chi connectivity index (χ0v) is 11.7. The van der Waals surface area contributed by atoms with Crippen molar-refractivity contribution in [3.63, 3.8) is 0 Å². The molecule has 0 aliphatic heterocycles. The Bertz CT molecular complexity index is 454. The Morgan fingerprint density at radius 1 is 1.50 bits per heavy atom. The molecule has 0 aromatic carbocycles. The number of sulfonamides is 1. The summed E-state index contributed by atoms with van der Waals surface area (Å²) in [7, 11) is -3.47. The van der Waals surface area contributed by atoms with E-state index < -0.39 is 10.0 Å². The molecule has 1 aromatic rings. The van der Waals surface area contributed by atoms with Crippen LogP contribution in [0.3, 0.4) is 0 Å². The van der Waals surface area contributed by atoms with Gasteiger partial charge in [0.1, 0.15) is 4.90 Å². The van der Waals surface area contributed by atoms with E-state index in [1.807, 2.05) is 0 Å². The first-order valence-corrected chi connectivity index (χ1v) is 7.57. The maximum absolute atomic E-state index is 11.9. The third-order valence-corrected chi connectivity index (χ3v) is 3.91. The summed E-state index contributed by atoms with van der Waals surface area (Å²) in [5, 5.41) is 12.6. The lowest BCUT2D eigenvalue weighted by Crippen LogP contribution is -2.24. The highest BCUT2D eigenvalue weighted by atomic mass is 32.2. The molecule has 0 atom stereocenters. The van der Waals surface area contributed by atoms with Gasteiger partial charge in [-0.15, -0.1) is 0 Å². The van der Waals surface area contributed by atoms with Crippen LogP contribution in [-0.4, -0.2) is 36.5 Å². The minimum atomic E-state index is -3.47. The lowest BCUT2D eigenvalue weighted by atomic mass is 10.1. The van der Waals surface area contributed by atoms with Crippen LogP contribution in [0.15, 0.2) is 17.3 Å². The predicted octanol–water partition coefficient (Wildman–Crippen LogP) is 0.590. The summed E-state index contributed by atoms with van der Waals surface area (Å²) < 4.78 is 27.7. The van der Waals surface area contributed by atoms with Gasteiger partial charge < -0.3 is 5.11 Å². The van der Waals surface area contributed by atoms with Crippen molar-refractivity contribution in [2.24, 2.45) is 5.92 Å². The first-order chi connectivity index (χ1) is 8.45. The van der Waals surface area contributed by atoms with Crippen molar-refractivity contribution in [3.05, 3.63) is 12.4 Å². The van der Waals surface area contributed by atoms with Crippen LogP contribution in [0.25, 0.3) is 0 Å². The number of aliphatic hydroxyl groups is 1. The van der Waals surface area contributed by atoms with E-state index in [-0.39, 0.29) is 11.5 Å². The molecule has 0 spiro atoms. The Hall–Kier alpha value is -0.920. The van der Waals surface area contributed by atoms with Crippen LogP contribution in [0.4, 0.5) is 0 Å². The van der Waals surface area contributed by atoms with E-state index in [4.69, 9.17) is 5.11 Å². The Morgan fingerprint density at radius 2 is 2.22 bits per heavy atom. The summed E-state index contributed by atoms with van der Waals surface area (Å²) in [4.78, 5) is 0.139. The molecule has 0 aliphatic rings. The van der Waals surface area contributed by atoms with Crippen molar-refractivity contribution in [1.29, 1.82) is 0 Å². The number of hydrogen-bond acceptors (Lipinski definition) is 4. The monoisotopic (exact) mass is 275 g/mol. The predicted molar refractivity (Wildman–Crippen MR) is 68.6 cm³/mol. The molecule has 1 rings (SSSR count). The molecule has 0 saturated carbocycles. The van der Waals surface area contributed by atoms with Gasteiger partial charge in [-0.3, -0.25) is 4.68 Å². The molecule has 0 bridgehead atoms. The van der Waals surface area contributed by atoms with E-state index in [0.29, 0.717) is 19.0 Å². The summed E-state index contributed by atoms with van der Waals surface area (Å²) in [5.74, 6) is 0.571. The first kappa shape index (κ1) is 15.1. The molecule has 2 N–H and O–H groups in total. The maximum Gasteiger partial charge on any atom is 0.243 e. The van der Waals surface area contributed by atoms with Gasteiger partial charge in [0.25, 0.3) is 0 Å². The molecule has 0 saturated heterocycles. The zero-order chi connectivity index (χ0) is 13.6. The number of rotatable bonds is 8. The smallest absolute Gasteiger partial charge is 0.243 e. The van der Waals surface area contributed by atoms with Crippen molar-refractivity contribution >= 4 is 10.0 Å². The molecule has 104 valence electrons. The van der Waals surface area contributed by atoms with Crippen LogP contribution in [0.2, 0.25) is 0 Å². The zero-order valence-electron chi connectivity index (χ0n) is 10.8. The van der Waals surface area contributed by atoms with Crippen molar-refractivity contribution in [1.82, 2.24) is 14.5 Å². The Balaban J connectivity index is 2.51. The first-order valence-electron chi connectivity index (χ1n) is 6.08. The minimum Gasteiger partial charge on any atom is -0.394 e. The highest BCUT2D eigenvalue weighted by molar-refractivity contribution is 7.89. The fourth-order valence-corrected chi connectivity index (χ4v) is 2.53. The lowest BCUT2D eigenvalue weighted by molar-refractivity contribution is 0.269. The van der Waals surface area contributed by atoms with Gasteiger partial charge in [-0.05, 0) is 18.8 Å². The molecular formula is C11H21N3O3S. The fraction of sp³-hybridized carbons (Fsp3) is 0.727. The topological polar surface area (TPSA) is 84.2 Å². The molecule has 0 unspecified atom stereocenters. The minimum absolute atomic E-state index is 0.0665. The van der Waals surface area contributed by atoms with Gasteiger partial charge in [-0.2, -0.15) is 5.10 Å². The Labute approximate surface area is 108 Å². The van der Waals surface area contributed by atoms with Gasteiger partial charge in [0.05, 0.1) is 19.3 Å². The third kappa shape index (κ3) is 4.75. The molecule has 6 nitrogen and oxygen atoms in total. The van der Waals surface area contributed by atoms with Crippen LogP contribution < -0.4 is 4.72 Å². The van der Waals surface area contributed by atoms with Gasteiger partial charge in [0.15, 0.2) is 0 Å². The molecule has 0 amide bonds. The maximum atomic E-state index is 11.9. The third-order valence-electron chi connectivity index (χ3n) is 2.50. The Morgan fingerprint density at radius 3 is 2.83 bits per heavy atom. The standard InChI is InChI=1S/C11H21N3O3S/c1-10(2)4-3-5-13-18(16,17)11-8-12-14(9-11)6-7-15/h8-10,13,15H,3-7H2,1-2H3. The second kappa shape index (κ2) is 6.86. The van der Waals surface area contributed by atoms with Gasteiger partial charge in [0, 0.05) is 12.7 Å². The van der Waals surface area contributed by atoms with Gasteiger partial charge in [-0.25, -0.2) is 13.1 Å². The van der Waals surface area contributed by atoms with Gasteiger partial charge >= 0.3 is 0 Å². The van der Waals surface area contributed by atoms with E-state index in [9.17, 15) is 8.42 Å². The number of nitrogens with zero attached hydrogens (tertiary/aromatic N) is 2. The molecule has 1 heterocycles. The van der Waals surface area contributed by atoms with E-state index in [0.717, 1.165) is 12.8 Å². The fourth-order valence-electron chi connectivity index (χ4n) is 1.51. The molecule has 0 radical (unpaired) electrons. The van der Waals surface area contributed by atoms with Crippen molar-refractivity contribution in [2.75, 3.05) is 13.2 Å². The molecule has 18 heavy (non-hydrogen) atoms. The molecule has 0 aliphatic carbocycles.